The normalized spacial score (nSPS) is 23.6. The first-order valence-electron chi connectivity index (χ1n) is 5.44. The smallest absolute Gasteiger partial charge is 0.224 e. The molecule has 1 aliphatic heterocycles. The van der Waals surface area contributed by atoms with Gasteiger partial charge in [-0.3, -0.25) is 9.59 Å². The van der Waals surface area contributed by atoms with E-state index in [9.17, 15) is 9.59 Å². The van der Waals surface area contributed by atoms with E-state index >= 15 is 0 Å². The van der Waals surface area contributed by atoms with E-state index in [0.29, 0.717) is 6.54 Å². The fraction of sp³-hybridized carbons (Fsp3) is 0.800. The molecule has 1 saturated heterocycles. The Labute approximate surface area is 102 Å². The molecular formula is C10H20ClN3O2. The average Bonchev–Trinajstić information content (AvgIpc) is 2.64. The molecule has 5 nitrogen and oxygen atoms in total. The van der Waals surface area contributed by atoms with Crippen molar-refractivity contribution in [2.24, 2.45) is 11.7 Å². The van der Waals surface area contributed by atoms with Crippen LogP contribution in [0.5, 0.6) is 0 Å². The summed E-state index contributed by atoms with van der Waals surface area (Å²) in [6.45, 7) is 3.31. The molecule has 4 N–H and O–H groups in total. The van der Waals surface area contributed by atoms with Crippen molar-refractivity contribution in [3.63, 3.8) is 0 Å². The summed E-state index contributed by atoms with van der Waals surface area (Å²) in [6, 6.07) is 0.276. The summed E-state index contributed by atoms with van der Waals surface area (Å²) in [6.07, 6.45) is 2.04. The van der Waals surface area contributed by atoms with Gasteiger partial charge < -0.3 is 16.4 Å². The van der Waals surface area contributed by atoms with Crippen LogP contribution in [0.1, 0.15) is 26.2 Å². The third kappa shape index (κ3) is 4.37. The molecule has 0 aromatic carbocycles. The van der Waals surface area contributed by atoms with Crippen LogP contribution in [0.3, 0.4) is 0 Å². The van der Waals surface area contributed by atoms with E-state index in [-0.39, 0.29) is 42.6 Å². The molecule has 2 amide bonds. The van der Waals surface area contributed by atoms with Crippen LogP contribution in [0.15, 0.2) is 0 Å². The van der Waals surface area contributed by atoms with Gasteiger partial charge in [0.15, 0.2) is 0 Å². The molecule has 0 aromatic rings. The highest BCUT2D eigenvalue weighted by Crippen LogP contribution is 2.17. The van der Waals surface area contributed by atoms with Crippen molar-refractivity contribution in [2.45, 2.75) is 32.2 Å². The minimum atomic E-state index is -0.383. The molecule has 0 spiro atoms. The maximum atomic E-state index is 11.7. The van der Waals surface area contributed by atoms with Gasteiger partial charge in [0.05, 0.1) is 5.92 Å². The van der Waals surface area contributed by atoms with Gasteiger partial charge in [-0.25, -0.2) is 0 Å². The van der Waals surface area contributed by atoms with Crippen LogP contribution < -0.4 is 16.4 Å². The zero-order valence-electron chi connectivity index (χ0n) is 9.49. The lowest BCUT2D eigenvalue weighted by atomic mass is 9.98. The Bertz CT molecular complexity index is 248. The lowest BCUT2D eigenvalue weighted by Gasteiger charge is -2.16. The van der Waals surface area contributed by atoms with E-state index in [2.05, 4.69) is 17.6 Å². The summed E-state index contributed by atoms with van der Waals surface area (Å²) < 4.78 is 0. The minimum Gasteiger partial charge on any atom is -0.370 e. The van der Waals surface area contributed by atoms with Gasteiger partial charge in [0, 0.05) is 19.0 Å². The molecular weight excluding hydrogens is 230 g/mol. The van der Waals surface area contributed by atoms with Gasteiger partial charge in [-0.05, 0) is 19.4 Å². The fourth-order valence-corrected chi connectivity index (χ4v) is 1.95. The minimum absolute atomic E-state index is 0. The second-order valence-corrected chi connectivity index (χ2v) is 3.87. The standard InChI is InChI=1S/C10H19N3O2.ClH/c1-2-8-7(3-5-12-8)10(15)13-6-4-9(11)14;/h7-8,12H,2-6H2,1H3,(H2,11,14)(H,13,15);1H. The molecule has 0 saturated carbocycles. The van der Waals surface area contributed by atoms with Crippen molar-refractivity contribution in [2.75, 3.05) is 13.1 Å². The van der Waals surface area contributed by atoms with Gasteiger partial charge in [0.1, 0.15) is 0 Å². The molecule has 2 unspecified atom stereocenters. The van der Waals surface area contributed by atoms with Crippen LogP contribution in [-0.4, -0.2) is 30.9 Å². The van der Waals surface area contributed by atoms with Crippen LogP contribution in [0.2, 0.25) is 0 Å². The second kappa shape index (κ2) is 7.46. The molecule has 6 heteroatoms. The first-order chi connectivity index (χ1) is 7.15. The highest BCUT2D eigenvalue weighted by molar-refractivity contribution is 5.85. The zero-order chi connectivity index (χ0) is 11.3. The van der Waals surface area contributed by atoms with Gasteiger partial charge in [-0.15, -0.1) is 12.4 Å². The molecule has 1 aliphatic rings. The number of rotatable bonds is 5. The summed E-state index contributed by atoms with van der Waals surface area (Å²) >= 11 is 0. The van der Waals surface area contributed by atoms with E-state index < -0.39 is 0 Å². The van der Waals surface area contributed by atoms with Crippen LogP contribution in [0, 0.1) is 5.92 Å². The zero-order valence-corrected chi connectivity index (χ0v) is 10.3. The first-order valence-corrected chi connectivity index (χ1v) is 5.44. The van der Waals surface area contributed by atoms with Gasteiger partial charge in [0.2, 0.25) is 11.8 Å². The second-order valence-electron chi connectivity index (χ2n) is 3.87. The van der Waals surface area contributed by atoms with Crippen molar-refractivity contribution in [3.8, 4) is 0 Å². The Hall–Kier alpha value is -0.810. The highest BCUT2D eigenvalue weighted by Gasteiger charge is 2.30. The number of nitrogens with two attached hydrogens (primary N) is 1. The fourth-order valence-electron chi connectivity index (χ4n) is 1.95. The summed E-state index contributed by atoms with van der Waals surface area (Å²) in [4.78, 5) is 22.2. The molecule has 0 bridgehead atoms. The lowest BCUT2D eigenvalue weighted by molar-refractivity contribution is -0.125. The number of hydrogen-bond donors (Lipinski definition) is 3. The number of nitrogens with one attached hydrogen (secondary N) is 2. The van der Waals surface area contributed by atoms with E-state index in [0.717, 1.165) is 19.4 Å². The van der Waals surface area contributed by atoms with E-state index in [1.807, 2.05) is 0 Å². The molecule has 2 atom stereocenters. The number of halogens is 1. The van der Waals surface area contributed by atoms with Gasteiger partial charge >= 0.3 is 0 Å². The molecule has 1 rings (SSSR count). The van der Waals surface area contributed by atoms with Crippen LogP contribution in [0.25, 0.3) is 0 Å². The number of primary amides is 1. The molecule has 1 fully saturated rings. The predicted molar refractivity (Wildman–Crippen MR) is 64.3 cm³/mol. The van der Waals surface area contributed by atoms with Crippen molar-refractivity contribution in [1.82, 2.24) is 10.6 Å². The predicted octanol–water partition coefficient (Wildman–Crippen LogP) is -0.212. The quantitative estimate of drug-likeness (QED) is 0.630. The van der Waals surface area contributed by atoms with E-state index in [1.165, 1.54) is 0 Å². The Balaban J connectivity index is 0.00000225. The number of hydrogen-bond acceptors (Lipinski definition) is 3. The Kier molecular flexibility index (Phi) is 7.08. The summed E-state index contributed by atoms with van der Waals surface area (Å²) in [7, 11) is 0. The third-order valence-corrected chi connectivity index (χ3v) is 2.79. The van der Waals surface area contributed by atoms with Crippen molar-refractivity contribution in [1.29, 1.82) is 0 Å². The van der Waals surface area contributed by atoms with Crippen molar-refractivity contribution >= 4 is 24.2 Å². The highest BCUT2D eigenvalue weighted by atomic mass is 35.5. The van der Waals surface area contributed by atoms with E-state index in [4.69, 9.17) is 5.73 Å². The Morgan fingerprint density at radius 1 is 1.50 bits per heavy atom. The monoisotopic (exact) mass is 249 g/mol. The topological polar surface area (TPSA) is 84.2 Å². The molecule has 0 aromatic heterocycles. The number of carbonyl (C=O) groups is 2. The average molecular weight is 250 g/mol. The number of carbonyl (C=O) groups excluding carboxylic acids is 2. The maximum Gasteiger partial charge on any atom is 0.224 e. The van der Waals surface area contributed by atoms with Crippen LogP contribution in [0.4, 0.5) is 0 Å². The molecule has 16 heavy (non-hydrogen) atoms. The van der Waals surface area contributed by atoms with E-state index in [1.54, 1.807) is 0 Å². The largest absolute Gasteiger partial charge is 0.370 e. The van der Waals surface area contributed by atoms with Gasteiger partial charge in [-0.1, -0.05) is 6.92 Å². The molecule has 0 aliphatic carbocycles. The lowest BCUT2D eigenvalue weighted by Crippen LogP contribution is -2.39. The summed E-state index contributed by atoms with van der Waals surface area (Å²) in [5.74, 6) is -0.303. The molecule has 1 heterocycles. The molecule has 0 radical (unpaired) electrons. The maximum absolute atomic E-state index is 11.7. The Morgan fingerprint density at radius 2 is 2.19 bits per heavy atom. The number of amides is 2. The van der Waals surface area contributed by atoms with Crippen molar-refractivity contribution in [3.05, 3.63) is 0 Å². The third-order valence-electron chi connectivity index (χ3n) is 2.79. The Morgan fingerprint density at radius 3 is 2.75 bits per heavy atom. The van der Waals surface area contributed by atoms with Crippen molar-refractivity contribution < 1.29 is 9.59 Å². The summed E-state index contributed by atoms with van der Waals surface area (Å²) in [5.41, 5.74) is 4.98. The van der Waals surface area contributed by atoms with Gasteiger partial charge in [-0.2, -0.15) is 0 Å². The van der Waals surface area contributed by atoms with Gasteiger partial charge in [0.25, 0.3) is 0 Å². The summed E-state index contributed by atoms with van der Waals surface area (Å²) in [5, 5.41) is 6.02. The SMILES string of the molecule is CCC1NCCC1C(=O)NCCC(N)=O.Cl. The van der Waals surface area contributed by atoms with Crippen LogP contribution >= 0.6 is 12.4 Å². The van der Waals surface area contributed by atoms with Crippen LogP contribution in [-0.2, 0) is 9.59 Å². The first kappa shape index (κ1) is 15.2. The molecule has 94 valence electrons.